The van der Waals surface area contributed by atoms with Gasteiger partial charge in [0.25, 0.3) is 0 Å². The van der Waals surface area contributed by atoms with Gasteiger partial charge in [0.15, 0.2) is 5.78 Å². The first-order chi connectivity index (χ1) is 8.68. The van der Waals surface area contributed by atoms with Crippen molar-refractivity contribution < 1.29 is 4.79 Å². The third-order valence-electron chi connectivity index (χ3n) is 3.44. The van der Waals surface area contributed by atoms with E-state index in [9.17, 15) is 4.79 Å². The molecule has 0 bridgehead atoms. The average molecular weight is 235 g/mol. The Morgan fingerprint density at radius 3 is 2.17 bits per heavy atom. The molecule has 0 saturated heterocycles. The van der Waals surface area contributed by atoms with Gasteiger partial charge in [0, 0.05) is 11.1 Å². The molecule has 1 atom stereocenters. The highest BCUT2D eigenvalue weighted by molar-refractivity contribution is 6.30. The fourth-order valence-electron chi connectivity index (χ4n) is 2.45. The second-order valence-corrected chi connectivity index (χ2v) is 4.67. The predicted molar refractivity (Wildman–Crippen MR) is 71.5 cm³/mol. The lowest BCUT2D eigenvalue weighted by molar-refractivity contribution is 0.0988. The van der Waals surface area contributed by atoms with E-state index in [1.165, 1.54) is 0 Å². The third-order valence-corrected chi connectivity index (χ3v) is 3.44. The lowest BCUT2D eigenvalue weighted by Crippen LogP contribution is -2.12. The van der Waals surface area contributed by atoms with E-state index < -0.39 is 5.92 Å². The van der Waals surface area contributed by atoms with Crippen molar-refractivity contribution in [2.24, 2.45) is 0 Å². The summed E-state index contributed by atoms with van der Waals surface area (Å²) in [7, 11) is 0. The molecule has 2 heteroatoms. The van der Waals surface area contributed by atoms with E-state index in [0.29, 0.717) is 11.3 Å². The van der Waals surface area contributed by atoms with Gasteiger partial charge in [-0.1, -0.05) is 54.1 Å². The summed E-state index contributed by atoms with van der Waals surface area (Å²) in [6, 6.07) is 15.2. The molecular weight excluding hydrogens is 222 g/mol. The molecule has 18 heavy (non-hydrogen) atoms. The summed E-state index contributed by atoms with van der Waals surface area (Å²) in [5, 5.41) is 8.19. The SMILES string of the molecule is Cc1ccc([C@@H]2C(=N)c3ccccc3C2=O)cc1. The number of benzene rings is 2. The minimum absolute atomic E-state index is 0.0412. The Morgan fingerprint density at radius 1 is 0.944 bits per heavy atom. The van der Waals surface area contributed by atoms with Crippen molar-refractivity contribution in [3.63, 3.8) is 0 Å². The van der Waals surface area contributed by atoms with Crippen molar-refractivity contribution in [3.8, 4) is 0 Å². The molecule has 0 fully saturated rings. The van der Waals surface area contributed by atoms with Crippen molar-refractivity contribution in [2.45, 2.75) is 12.8 Å². The first-order valence-electron chi connectivity index (χ1n) is 5.97. The minimum Gasteiger partial charge on any atom is -0.304 e. The van der Waals surface area contributed by atoms with Gasteiger partial charge in [0.1, 0.15) is 0 Å². The number of aryl methyl sites for hydroxylation is 1. The molecule has 1 N–H and O–H groups in total. The largest absolute Gasteiger partial charge is 0.304 e. The number of fused-ring (bicyclic) bond motifs is 1. The first kappa shape index (κ1) is 10.9. The Labute approximate surface area is 106 Å². The number of ketones is 1. The summed E-state index contributed by atoms with van der Waals surface area (Å²) in [6.45, 7) is 2.01. The van der Waals surface area contributed by atoms with Gasteiger partial charge in [-0.15, -0.1) is 0 Å². The number of hydrogen-bond acceptors (Lipinski definition) is 2. The van der Waals surface area contributed by atoms with Crippen LogP contribution in [0.25, 0.3) is 0 Å². The molecule has 3 rings (SSSR count). The number of rotatable bonds is 1. The summed E-state index contributed by atoms with van der Waals surface area (Å²) in [5.74, 6) is -0.387. The average Bonchev–Trinajstić information content (AvgIpc) is 2.64. The summed E-state index contributed by atoms with van der Waals surface area (Å²) in [5.41, 5.74) is 3.93. The Bertz CT molecular complexity index is 605. The van der Waals surface area contributed by atoms with E-state index in [1.54, 1.807) is 6.07 Å². The van der Waals surface area contributed by atoms with E-state index in [4.69, 9.17) is 5.41 Å². The molecule has 1 aliphatic rings. The monoisotopic (exact) mass is 235 g/mol. The van der Waals surface area contributed by atoms with Gasteiger partial charge in [-0.3, -0.25) is 4.79 Å². The highest BCUT2D eigenvalue weighted by Gasteiger charge is 2.36. The van der Waals surface area contributed by atoms with Crippen LogP contribution >= 0.6 is 0 Å². The zero-order chi connectivity index (χ0) is 12.7. The van der Waals surface area contributed by atoms with E-state index in [0.717, 1.165) is 16.7 Å². The van der Waals surface area contributed by atoms with Crippen molar-refractivity contribution >= 4 is 11.5 Å². The molecule has 0 saturated carbocycles. The van der Waals surface area contributed by atoms with Crippen molar-refractivity contribution in [1.82, 2.24) is 0 Å². The number of nitrogens with one attached hydrogen (secondary N) is 1. The van der Waals surface area contributed by atoms with Crippen LogP contribution in [0.15, 0.2) is 48.5 Å². The molecule has 0 heterocycles. The second-order valence-electron chi connectivity index (χ2n) is 4.67. The van der Waals surface area contributed by atoms with Gasteiger partial charge in [-0.25, -0.2) is 0 Å². The molecule has 0 unspecified atom stereocenters. The van der Waals surface area contributed by atoms with Crippen molar-refractivity contribution in [3.05, 3.63) is 70.8 Å². The van der Waals surface area contributed by atoms with Crippen molar-refractivity contribution in [1.29, 1.82) is 5.41 Å². The molecule has 0 aliphatic heterocycles. The predicted octanol–water partition coefficient (Wildman–Crippen LogP) is 3.34. The van der Waals surface area contributed by atoms with E-state index >= 15 is 0 Å². The Balaban J connectivity index is 2.09. The lowest BCUT2D eigenvalue weighted by atomic mass is 9.93. The van der Waals surface area contributed by atoms with E-state index in [2.05, 4.69) is 0 Å². The van der Waals surface area contributed by atoms with Gasteiger partial charge >= 0.3 is 0 Å². The van der Waals surface area contributed by atoms with Gasteiger partial charge in [-0.05, 0) is 12.5 Å². The van der Waals surface area contributed by atoms with Gasteiger partial charge in [-0.2, -0.15) is 0 Å². The zero-order valence-corrected chi connectivity index (χ0v) is 10.1. The third kappa shape index (κ3) is 1.50. The summed E-state index contributed by atoms with van der Waals surface area (Å²) in [4.78, 5) is 12.4. The molecule has 0 aromatic heterocycles. The van der Waals surface area contributed by atoms with Crippen LogP contribution in [0.2, 0.25) is 0 Å². The van der Waals surface area contributed by atoms with E-state index in [1.807, 2.05) is 49.4 Å². The van der Waals surface area contributed by atoms with Crippen LogP contribution in [0.4, 0.5) is 0 Å². The second kappa shape index (κ2) is 3.91. The molecule has 2 aromatic carbocycles. The molecule has 1 aliphatic carbocycles. The molecule has 2 nitrogen and oxygen atoms in total. The lowest BCUT2D eigenvalue weighted by Gasteiger charge is -2.09. The number of carbonyl (C=O) groups is 1. The molecule has 88 valence electrons. The first-order valence-corrected chi connectivity index (χ1v) is 5.97. The topological polar surface area (TPSA) is 40.9 Å². The van der Waals surface area contributed by atoms with Gasteiger partial charge < -0.3 is 5.41 Å². The minimum atomic E-state index is -0.428. The maximum Gasteiger partial charge on any atom is 0.176 e. The van der Waals surface area contributed by atoms with Gasteiger partial charge in [0.2, 0.25) is 0 Å². The zero-order valence-electron chi connectivity index (χ0n) is 10.1. The normalized spacial score (nSPS) is 17.9. The maximum atomic E-state index is 12.4. The van der Waals surface area contributed by atoms with Crippen LogP contribution in [-0.4, -0.2) is 11.5 Å². The smallest absolute Gasteiger partial charge is 0.176 e. The highest BCUT2D eigenvalue weighted by Crippen LogP contribution is 2.33. The number of carbonyl (C=O) groups excluding carboxylic acids is 1. The van der Waals surface area contributed by atoms with Crippen LogP contribution < -0.4 is 0 Å². The van der Waals surface area contributed by atoms with Crippen LogP contribution in [0.3, 0.4) is 0 Å². The molecule has 2 aromatic rings. The standard InChI is InChI=1S/C16H13NO/c1-10-6-8-11(9-7-10)14-15(17)12-4-2-3-5-13(12)16(14)18/h2-9,14,17H,1H3/t14-/m1/s1. The summed E-state index contributed by atoms with van der Waals surface area (Å²) < 4.78 is 0. The number of hydrogen-bond donors (Lipinski definition) is 1. The van der Waals surface area contributed by atoms with Gasteiger partial charge in [0.05, 0.1) is 11.6 Å². The van der Waals surface area contributed by atoms with Crippen LogP contribution in [-0.2, 0) is 0 Å². The summed E-state index contributed by atoms with van der Waals surface area (Å²) >= 11 is 0. The van der Waals surface area contributed by atoms with Crippen LogP contribution in [0.1, 0.15) is 33.0 Å². The molecule has 0 spiro atoms. The molecular formula is C16H13NO. The fourth-order valence-corrected chi connectivity index (χ4v) is 2.45. The van der Waals surface area contributed by atoms with E-state index in [-0.39, 0.29) is 5.78 Å². The summed E-state index contributed by atoms with van der Waals surface area (Å²) in [6.07, 6.45) is 0. The van der Waals surface area contributed by atoms with Crippen molar-refractivity contribution in [2.75, 3.05) is 0 Å². The molecule has 0 amide bonds. The quantitative estimate of drug-likeness (QED) is 0.809. The maximum absolute atomic E-state index is 12.4. The number of Topliss-reactive ketones (excluding diaryl/α,β-unsaturated/α-hetero) is 1. The fraction of sp³-hybridized carbons (Fsp3) is 0.125. The van der Waals surface area contributed by atoms with Crippen LogP contribution in [0, 0.1) is 12.3 Å². The molecule has 0 radical (unpaired) electrons. The Morgan fingerprint density at radius 2 is 1.56 bits per heavy atom. The Hall–Kier alpha value is -2.22. The Kier molecular flexibility index (Phi) is 2.37. The van der Waals surface area contributed by atoms with Crippen LogP contribution in [0.5, 0.6) is 0 Å². The highest BCUT2D eigenvalue weighted by atomic mass is 16.1.